The molecule has 21 heavy (non-hydrogen) atoms. The molecule has 5 heteroatoms. The summed E-state index contributed by atoms with van der Waals surface area (Å²) < 4.78 is 20.2. The van der Waals surface area contributed by atoms with Crippen molar-refractivity contribution in [2.24, 2.45) is 0 Å². The van der Waals surface area contributed by atoms with E-state index in [2.05, 4.69) is 0 Å². The molecule has 0 atom stereocenters. The highest BCUT2D eigenvalue weighted by molar-refractivity contribution is 7.17. The zero-order valence-electron chi connectivity index (χ0n) is 10.9. The van der Waals surface area contributed by atoms with Gasteiger partial charge in [0.2, 0.25) is 0 Å². The Morgan fingerprint density at radius 3 is 2.81 bits per heavy atom. The van der Waals surface area contributed by atoms with Crippen molar-refractivity contribution < 1.29 is 19.0 Å². The minimum absolute atomic E-state index is 0.0396. The average molecular weight is 302 g/mol. The number of benzene rings is 2. The van der Waals surface area contributed by atoms with E-state index in [1.54, 1.807) is 11.3 Å². The first-order chi connectivity index (χ1) is 10.2. The van der Waals surface area contributed by atoms with Crippen molar-refractivity contribution in [3.05, 3.63) is 64.8 Å². The number of rotatable bonds is 4. The lowest BCUT2D eigenvalue weighted by Gasteiger charge is -2.09. The van der Waals surface area contributed by atoms with E-state index in [-0.39, 0.29) is 12.4 Å². The first-order valence-electron chi connectivity index (χ1n) is 6.26. The third-order valence-corrected chi connectivity index (χ3v) is 4.15. The van der Waals surface area contributed by atoms with Crippen LogP contribution in [0.2, 0.25) is 0 Å². The lowest BCUT2D eigenvalue weighted by atomic mass is 10.1. The Hall–Kier alpha value is -2.40. The lowest BCUT2D eigenvalue weighted by Crippen LogP contribution is -2.05. The quantitative estimate of drug-likeness (QED) is 0.781. The Balaban J connectivity index is 1.89. The molecule has 0 bridgehead atoms. The maximum absolute atomic E-state index is 13.6. The molecular weight excluding hydrogens is 291 g/mol. The molecular formula is C16H11FO3S. The third-order valence-electron chi connectivity index (χ3n) is 3.13. The predicted molar refractivity (Wildman–Crippen MR) is 79.5 cm³/mol. The van der Waals surface area contributed by atoms with Gasteiger partial charge in [-0.15, -0.1) is 11.3 Å². The van der Waals surface area contributed by atoms with E-state index in [0.29, 0.717) is 0 Å². The monoisotopic (exact) mass is 302 g/mol. The van der Waals surface area contributed by atoms with E-state index in [9.17, 15) is 9.18 Å². The van der Waals surface area contributed by atoms with Crippen molar-refractivity contribution in [3.63, 3.8) is 0 Å². The van der Waals surface area contributed by atoms with E-state index in [1.807, 2.05) is 29.6 Å². The van der Waals surface area contributed by atoms with Crippen molar-refractivity contribution in [2.75, 3.05) is 0 Å². The molecule has 3 rings (SSSR count). The van der Waals surface area contributed by atoms with Crippen LogP contribution in [-0.4, -0.2) is 11.1 Å². The standard InChI is InChI=1S/C16H11FO3S/c17-12-5-3-6-13(15(12)16(18)19)20-8-10-9-21-14-7-2-1-4-11(10)14/h1-7,9H,8H2,(H,18,19). The molecule has 3 aromatic rings. The number of thiophene rings is 1. The van der Waals surface area contributed by atoms with Gasteiger partial charge in [0.1, 0.15) is 23.7 Å². The summed E-state index contributed by atoms with van der Waals surface area (Å²) in [7, 11) is 0. The van der Waals surface area contributed by atoms with Crippen LogP contribution in [0.3, 0.4) is 0 Å². The van der Waals surface area contributed by atoms with Gasteiger partial charge in [0.25, 0.3) is 0 Å². The van der Waals surface area contributed by atoms with Crippen LogP contribution >= 0.6 is 11.3 Å². The number of carboxylic acids is 1. The molecule has 0 unspecified atom stereocenters. The number of carbonyl (C=O) groups is 1. The molecule has 0 aliphatic rings. The first-order valence-corrected chi connectivity index (χ1v) is 7.14. The third kappa shape index (κ3) is 2.60. The summed E-state index contributed by atoms with van der Waals surface area (Å²) in [6.45, 7) is 0.202. The fourth-order valence-corrected chi connectivity index (χ4v) is 3.08. The molecule has 0 aliphatic heterocycles. The molecule has 0 aliphatic carbocycles. The summed E-state index contributed by atoms with van der Waals surface area (Å²) >= 11 is 1.59. The molecule has 0 fully saturated rings. The van der Waals surface area contributed by atoms with Crippen molar-refractivity contribution in [1.82, 2.24) is 0 Å². The van der Waals surface area contributed by atoms with E-state index >= 15 is 0 Å². The van der Waals surface area contributed by atoms with E-state index < -0.39 is 17.3 Å². The zero-order chi connectivity index (χ0) is 14.8. The fraction of sp³-hybridized carbons (Fsp3) is 0.0625. The molecule has 1 heterocycles. The van der Waals surface area contributed by atoms with Gasteiger partial charge in [-0.05, 0) is 29.0 Å². The van der Waals surface area contributed by atoms with Gasteiger partial charge in [-0.25, -0.2) is 9.18 Å². The molecule has 0 radical (unpaired) electrons. The van der Waals surface area contributed by atoms with E-state index in [1.165, 1.54) is 12.1 Å². The zero-order valence-corrected chi connectivity index (χ0v) is 11.7. The van der Waals surface area contributed by atoms with Crippen LogP contribution in [0, 0.1) is 5.82 Å². The molecule has 1 N–H and O–H groups in total. The maximum Gasteiger partial charge on any atom is 0.342 e. The van der Waals surface area contributed by atoms with Crippen LogP contribution in [-0.2, 0) is 6.61 Å². The summed E-state index contributed by atoms with van der Waals surface area (Å²) in [5, 5.41) is 12.1. The van der Waals surface area contributed by atoms with Crippen LogP contribution in [0.4, 0.5) is 4.39 Å². The molecule has 0 saturated carbocycles. The highest BCUT2D eigenvalue weighted by Crippen LogP contribution is 2.28. The number of aromatic carboxylic acids is 1. The number of halogens is 1. The van der Waals surface area contributed by atoms with Gasteiger partial charge in [-0.2, -0.15) is 0 Å². The number of carboxylic acid groups (broad SMARTS) is 1. The molecule has 1 aromatic heterocycles. The van der Waals surface area contributed by atoms with Crippen molar-refractivity contribution in [1.29, 1.82) is 0 Å². The van der Waals surface area contributed by atoms with Gasteiger partial charge < -0.3 is 9.84 Å². The van der Waals surface area contributed by atoms with E-state index in [0.717, 1.165) is 21.7 Å². The van der Waals surface area contributed by atoms with Crippen molar-refractivity contribution in [3.8, 4) is 5.75 Å². The Bertz CT molecular complexity index is 810. The normalized spacial score (nSPS) is 10.7. The summed E-state index contributed by atoms with van der Waals surface area (Å²) in [6, 6.07) is 11.9. The second-order valence-corrected chi connectivity index (χ2v) is 5.38. The molecule has 0 saturated heterocycles. The summed E-state index contributed by atoms with van der Waals surface area (Å²) in [6.07, 6.45) is 0. The SMILES string of the molecule is O=C(O)c1c(F)cccc1OCc1csc2ccccc12. The van der Waals surface area contributed by atoms with E-state index in [4.69, 9.17) is 9.84 Å². The second-order valence-electron chi connectivity index (χ2n) is 4.46. The van der Waals surface area contributed by atoms with Gasteiger partial charge >= 0.3 is 5.97 Å². The average Bonchev–Trinajstić information content (AvgIpc) is 2.88. The summed E-state index contributed by atoms with van der Waals surface area (Å²) in [4.78, 5) is 11.1. The topological polar surface area (TPSA) is 46.5 Å². The Kier molecular flexibility index (Phi) is 3.58. The Labute approximate surface area is 124 Å². The molecule has 0 amide bonds. The van der Waals surface area contributed by atoms with Gasteiger partial charge in [-0.3, -0.25) is 0 Å². The first kappa shape index (κ1) is 13.6. The van der Waals surface area contributed by atoms with Crippen LogP contribution in [0.5, 0.6) is 5.75 Å². The molecule has 2 aromatic carbocycles. The molecule has 3 nitrogen and oxygen atoms in total. The van der Waals surface area contributed by atoms with Gasteiger partial charge in [0.05, 0.1) is 0 Å². The van der Waals surface area contributed by atoms with Gasteiger partial charge in [0.15, 0.2) is 0 Å². The highest BCUT2D eigenvalue weighted by atomic mass is 32.1. The number of fused-ring (bicyclic) bond motifs is 1. The Morgan fingerprint density at radius 1 is 1.19 bits per heavy atom. The molecule has 106 valence electrons. The minimum atomic E-state index is -1.33. The summed E-state index contributed by atoms with van der Waals surface area (Å²) in [5.41, 5.74) is 0.522. The maximum atomic E-state index is 13.6. The second kappa shape index (κ2) is 5.54. The number of hydrogen-bond donors (Lipinski definition) is 1. The number of hydrogen-bond acceptors (Lipinski definition) is 3. The van der Waals surface area contributed by atoms with Crippen LogP contribution < -0.4 is 4.74 Å². The number of ether oxygens (including phenoxy) is 1. The lowest BCUT2D eigenvalue weighted by molar-refractivity contribution is 0.0686. The van der Waals surface area contributed by atoms with Crippen molar-refractivity contribution in [2.45, 2.75) is 6.61 Å². The van der Waals surface area contributed by atoms with Gasteiger partial charge in [0, 0.05) is 10.3 Å². The minimum Gasteiger partial charge on any atom is -0.488 e. The van der Waals surface area contributed by atoms with Crippen LogP contribution in [0.25, 0.3) is 10.1 Å². The largest absolute Gasteiger partial charge is 0.488 e. The van der Waals surface area contributed by atoms with Crippen molar-refractivity contribution >= 4 is 27.4 Å². The van der Waals surface area contributed by atoms with Gasteiger partial charge in [-0.1, -0.05) is 24.3 Å². The van der Waals surface area contributed by atoms with Crippen LogP contribution in [0.1, 0.15) is 15.9 Å². The smallest absolute Gasteiger partial charge is 0.342 e. The molecule has 0 spiro atoms. The highest BCUT2D eigenvalue weighted by Gasteiger charge is 2.17. The Morgan fingerprint density at radius 2 is 2.00 bits per heavy atom. The van der Waals surface area contributed by atoms with Crippen LogP contribution in [0.15, 0.2) is 47.8 Å². The summed E-state index contributed by atoms with van der Waals surface area (Å²) in [5.74, 6) is -2.09. The fourth-order valence-electron chi connectivity index (χ4n) is 2.13. The predicted octanol–water partition coefficient (Wildman–Crippen LogP) is 4.32.